The topological polar surface area (TPSA) is 52.4 Å². The summed E-state index contributed by atoms with van der Waals surface area (Å²) in [6.07, 6.45) is 0. The van der Waals surface area contributed by atoms with Gasteiger partial charge in [0, 0.05) is 4.92 Å². The molecule has 0 aliphatic rings. The zero-order valence-corrected chi connectivity index (χ0v) is 7.98. The number of nitro groups is 1. The maximum absolute atomic E-state index is 10.0. The first-order chi connectivity index (χ1) is 5.72. The third-order valence-corrected chi connectivity index (χ3v) is 3.28. The molecule has 0 aromatic carbocycles. The van der Waals surface area contributed by atoms with E-state index in [2.05, 4.69) is 0 Å². The first kappa shape index (κ1) is 9.34. The summed E-state index contributed by atoms with van der Waals surface area (Å²) in [5.41, 5.74) is 0. The standard InChI is InChI=1S/C6H7NO3S2/c1-10-5-2-3-6(12-5)11-4-7(8)9/h2-3H,4H2,1H3. The van der Waals surface area contributed by atoms with E-state index < -0.39 is 0 Å². The van der Waals surface area contributed by atoms with Gasteiger partial charge in [-0.3, -0.25) is 10.1 Å². The molecule has 0 aliphatic carbocycles. The lowest BCUT2D eigenvalue weighted by Crippen LogP contribution is -1.93. The minimum atomic E-state index is -0.350. The molecule has 0 saturated heterocycles. The SMILES string of the molecule is COc1ccc(SC[N+](=O)[O-])s1. The van der Waals surface area contributed by atoms with Crippen LogP contribution in [0.5, 0.6) is 5.06 Å². The van der Waals surface area contributed by atoms with Crippen LogP contribution in [0.15, 0.2) is 16.3 Å². The van der Waals surface area contributed by atoms with Crippen LogP contribution in [0, 0.1) is 10.1 Å². The highest BCUT2D eigenvalue weighted by Crippen LogP contribution is 2.31. The monoisotopic (exact) mass is 205 g/mol. The summed E-state index contributed by atoms with van der Waals surface area (Å²) in [6.45, 7) is 0. The molecule has 12 heavy (non-hydrogen) atoms. The van der Waals surface area contributed by atoms with Gasteiger partial charge in [0.2, 0.25) is 0 Å². The molecule has 0 aliphatic heterocycles. The Kier molecular flexibility index (Phi) is 3.36. The molecule has 0 spiro atoms. The predicted octanol–water partition coefficient (Wildman–Crippen LogP) is 2.08. The quantitative estimate of drug-likeness (QED) is 0.327. The van der Waals surface area contributed by atoms with Gasteiger partial charge in [-0.05, 0) is 23.9 Å². The Morgan fingerprint density at radius 3 is 3.00 bits per heavy atom. The average Bonchev–Trinajstić information content (AvgIpc) is 2.48. The Hall–Kier alpha value is -0.750. The molecule has 0 unspecified atom stereocenters. The van der Waals surface area contributed by atoms with Crippen LogP contribution in [0.2, 0.25) is 0 Å². The molecule has 1 aromatic heterocycles. The fourth-order valence-electron chi connectivity index (χ4n) is 0.607. The Balaban J connectivity index is 2.47. The summed E-state index contributed by atoms with van der Waals surface area (Å²) in [6, 6.07) is 3.62. The Morgan fingerprint density at radius 1 is 1.75 bits per heavy atom. The smallest absolute Gasteiger partial charge is 0.254 e. The number of ether oxygens (including phenoxy) is 1. The van der Waals surface area contributed by atoms with Crippen molar-refractivity contribution in [1.82, 2.24) is 0 Å². The third kappa shape index (κ3) is 2.71. The van der Waals surface area contributed by atoms with Crippen molar-refractivity contribution in [2.24, 2.45) is 0 Å². The van der Waals surface area contributed by atoms with Gasteiger partial charge in [-0.1, -0.05) is 11.3 Å². The molecular weight excluding hydrogens is 198 g/mol. The van der Waals surface area contributed by atoms with Crippen LogP contribution in [-0.2, 0) is 0 Å². The Labute approximate surface area is 77.7 Å². The number of methoxy groups -OCH3 is 1. The molecule has 6 heteroatoms. The molecule has 0 N–H and O–H groups in total. The Morgan fingerprint density at radius 2 is 2.50 bits per heavy atom. The molecule has 0 radical (unpaired) electrons. The second-order valence-corrected chi connectivity index (χ2v) is 4.18. The maximum atomic E-state index is 10.0. The second-order valence-electron chi connectivity index (χ2n) is 1.88. The lowest BCUT2D eigenvalue weighted by atomic mass is 10.6. The van der Waals surface area contributed by atoms with Crippen molar-refractivity contribution in [3.8, 4) is 5.06 Å². The normalized spacial score (nSPS) is 9.75. The van der Waals surface area contributed by atoms with Crippen molar-refractivity contribution in [2.45, 2.75) is 4.21 Å². The van der Waals surface area contributed by atoms with E-state index in [0.29, 0.717) is 0 Å². The fourth-order valence-corrected chi connectivity index (χ4v) is 2.20. The molecule has 0 atom stereocenters. The number of thiophene rings is 1. The van der Waals surface area contributed by atoms with E-state index in [9.17, 15) is 10.1 Å². The van der Waals surface area contributed by atoms with Crippen LogP contribution in [0.4, 0.5) is 0 Å². The summed E-state index contributed by atoms with van der Waals surface area (Å²) < 4.78 is 5.84. The zero-order valence-electron chi connectivity index (χ0n) is 6.35. The van der Waals surface area contributed by atoms with Gasteiger partial charge in [-0.25, -0.2) is 0 Å². The largest absolute Gasteiger partial charge is 0.487 e. The minimum Gasteiger partial charge on any atom is -0.487 e. The van der Waals surface area contributed by atoms with Crippen LogP contribution >= 0.6 is 23.1 Å². The van der Waals surface area contributed by atoms with Crippen LogP contribution in [0.25, 0.3) is 0 Å². The molecule has 1 aromatic rings. The van der Waals surface area contributed by atoms with Crippen molar-refractivity contribution < 1.29 is 9.66 Å². The van der Waals surface area contributed by atoms with Crippen LogP contribution in [0.3, 0.4) is 0 Å². The maximum Gasteiger partial charge on any atom is 0.254 e. The predicted molar refractivity (Wildman–Crippen MR) is 48.6 cm³/mol. The summed E-state index contributed by atoms with van der Waals surface area (Å²) in [7, 11) is 1.58. The summed E-state index contributed by atoms with van der Waals surface area (Å²) >= 11 is 2.62. The van der Waals surface area contributed by atoms with Crippen molar-refractivity contribution in [3.05, 3.63) is 22.2 Å². The average molecular weight is 205 g/mol. The zero-order chi connectivity index (χ0) is 8.97. The van der Waals surface area contributed by atoms with E-state index in [4.69, 9.17) is 4.74 Å². The van der Waals surface area contributed by atoms with E-state index in [1.54, 1.807) is 13.2 Å². The van der Waals surface area contributed by atoms with Crippen LogP contribution in [-0.4, -0.2) is 17.9 Å². The van der Waals surface area contributed by atoms with E-state index in [0.717, 1.165) is 9.27 Å². The summed E-state index contributed by atoms with van der Waals surface area (Å²) in [4.78, 5) is 9.66. The minimum absolute atomic E-state index is 0.0936. The summed E-state index contributed by atoms with van der Waals surface area (Å²) in [5.74, 6) is -0.0936. The molecule has 0 fully saturated rings. The number of nitrogens with zero attached hydrogens (tertiary/aromatic N) is 1. The van der Waals surface area contributed by atoms with Gasteiger partial charge in [0.25, 0.3) is 5.88 Å². The number of thioether (sulfide) groups is 1. The molecule has 0 amide bonds. The van der Waals surface area contributed by atoms with E-state index in [1.807, 2.05) is 6.07 Å². The van der Waals surface area contributed by atoms with E-state index >= 15 is 0 Å². The van der Waals surface area contributed by atoms with Crippen molar-refractivity contribution in [3.63, 3.8) is 0 Å². The van der Waals surface area contributed by atoms with Crippen LogP contribution in [0.1, 0.15) is 0 Å². The first-order valence-electron chi connectivity index (χ1n) is 3.11. The van der Waals surface area contributed by atoms with Gasteiger partial charge in [-0.15, -0.1) is 0 Å². The van der Waals surface area contributed by atoms with Gasteiger partial charge in [0.15, 0.2) is 5.06 Å². The highest BCUT2D eigenvalue weighted by Gasteiger charge is 2.03. The number of hydrogen-bond acceptors (Lipinski definition) is 5. The lowest BCUT2D eigenvalue weighted by Gasteiger charge is -1.90. The molecule has 1 rings (SSSR count). The number of rotatable bonds is 4. The fraction of sp³-hybridized carbons (Fsp3) is 0.333. The highest BCUT2D eigenvalue weighted by atomic mass is 32.2. The molecule has 4 nitrogen and oxygen atoms in total. The molecular formula is C6H7NO3S2. The van der Waals surface area contributed by atoms with Gasteiger partial charge in [0.1, 0.15) is 0 Å². The van der Waals surface area contributed by atoms with Gasteiger partial charge >= 0.3 is 0 Å². The van der Waals surface area contributed by atoms with E-state index in [-0.39, 0.29) is 10.8 Å². The number of hydrogen-bond donors (Lipinski definition) is 0. The van der Waals surface area contributed by atoms with Gasteiger partial charge in [-0.2, -0.15) is 0 Å². The third-order valence-electron chi connectivity index (χ3n) is 1.07. The van der Waals surface area contributed by atoms with Crippen LogP contribution < -0.4 is 4.74 Å². The lowest BCUT2D eigenvalue weighted by molar-refractivity contribution is -0.456. The van der Waals surface area contributed by atoms with Crippen molar-refractivity contribution in [2.75, 3.05) is 13.0 Å². The van der Waals surface area contributed by atoms with Gasteiger partial charge < -0.3 is 4.74 Å². The summed E-state index contributed by atoms with van der Waals surface area (Å²) in [5, 5.41) is 10.8. The molecule has 0 bridgehead atoms. The molecule has 1 heterocycles. The first-order valence-corrected chi connectivity index (χ1v) is 4.91. The highest BCUT2D eigenvalue weighted by molar-refractivity contribution is 8.01. The van der Waals surface area contributed by atoms with Gasteiger partial charge in [0.05, 0.1) is 11.3 Å². The van der Waals surface area contributed by atoms with Crippen molar-refractivity contribution in [1.29, 1.82) is 0 Å². The molecule has 66 valence electrons. The van der Waals surface area contributed by atoms with E-state index in [1.165, 1.54) is 23.1 Å². The Bertz CT molecular complexity index is 274. The molecule has 0 saturated carbocycles. The second kappa shape index (κ2) is 4.32. The van der Waals surface area contributed by atoms with Crippen molar-refractivity contribution >= 4 is 23.1 Å².